The number of halogens is 2. The van der Waals surface area contributed by atoms with Crippen LogP contribution in [0.4, 0.5) is 4.39 Å². The van der Waals surface area contributed by atoms with Crippen molar-refractivity contribution in [3.8, 4) is 0 Å². The molecule has 2 rings (SSSR count). The van der Waals surface area contributed by atoms with Crippen molar-refractivity contribution in [3.05, 3.63) is 46.8 Å². The van der Waals surface area contributed by atoms with Gasteiger partial charge in [-0.2, -0.15) is 0 Å². The molecular weight excluding hydrogens is 259 g/mol. The molecule has 1 saturated carbocycles. The Morgan fingerprint density at radius 2 is 2.00 bits per heavy atom. The average molecular weight is 281 g/mol. The van der Waals surface area contributed by atoms with Crippen LogP contribution in [-0.2, 0) is 0 Å². The van der Waals surface area contributed by atoms with Crippen molar-refractivity contribution in [2.24, 2.45) is 11.3 Å². The number of hydrogen-bond acceptors (Lipinski definition) is 0. The van der Waals surface area contributed by atoms with E-state index in [2.05, 4.69) is 27.4 Å². The first-order valence-corrected chi connectivity index (χ1v) is 7.32. The molecule has 1 aromatic carbocycles. The van der Waals surface area contributed by atoms with Gasteiger partial charge in [0.05, 0.1) is 0 Å². The fraction of sp³-hybridized carbons (Fsp3) is 0.529. The minimum Gasteiger partial charge on any atom is -0.207 e. The van der Waals surface area contributed by atoms with E-state index < -0.39 is 0 Å². The molecule has 1 aromatic rings. The fourth-order valence-electron chi connectivity index (χ4n) is 3.11. The van der Waals surface area contributed by atoms with E-state index in [1.807, 2.05) is 6.07 Å². The van der Waals surface area contributed by atoms with E-state index in [4.69, 9.17) is 11.6 Å². The molecule has 1 aliphatic rings. The molecule has 0 radical (unpaired) electrons. The number of allylic oxidation sites excluding steroid dienone is 1. The van der Waals surface area contributed by atoms with E-state index in [0.29, 0.717) is 10.9 Å². The van der Waals surface area contributed by atoms with Crippen LogP contribution in [0.1, 0.15) is 51.5 Å². The summed E-state index contributed by atoms with van der Waals surface area (Å²) in [5.41, 5.74) is 2.12. The lowest BCUT2D eigenvalue weighted by Crippen LogP contribution is -2.20. The maximum absolute atomic E-state index is 14.1. The van der Waals surface area contributed by atoms with Crippen molar-refractivity contribution in [2.75, 3.05) is 0 Å². The maximum atomic E-state index is 14.1. The highest BCUT2D eigenvalue weighted by molar-refractivity contribution is 6.30. The SMILES string of the molecule is C=C([C@H]1CCC[C@@H]1c1ccc(Cl)cc1F)C(C)(C)C. The second-order valence-corrected chi connectivity index (χ2v) is 7.02. The van der Waals surface area contributed by atoms with Crippen LogP contribution in [0.5, 0.6) is 0 Å². The van der Waals surface area contributed by atoms with Crippen molar-refractivity contribution >= 4 is 11.6 Å². The molecule has 2 atom stereocenters. The zero-order valence-corrected chi connectivity index (χ0v) is 12.7. The van der Waals surface area contributed by atoms with Gasteiger partial charge < -0.3 is 0 Å². The van der Waals surface area contributed by atoms with Gasteiger partial charge in [0.1, 0.15) is 5.82 Å². The van der Waals surface area contributed by atoms with Gasteiger partial charge in [0.25, 0.3) is 0 Å². The molecule has 0 amide bonds. The summed E-state index contributed by atoms with van der Waals surface area (Å²) in [6, 6.07) is 5.05. The Hall–Kier alpha value is -0.820. The second-order valence-electron chi connectivity index (χ2n) is 6.58. The molecule has 0 nitrogen and oxygen atoms in total. The summed E-state index contributed by atoms with van der Waals surface area (Å²) in [4.78, 5) is 0. The Morgan fingerprint density at radius 3 is 2.58 bits per heavy atom. The fourth-order valence-corrected chi connectivity index (χ4v) is 3.27. The Labute approximate surface area is 120 Å². The zero-order chi connectivity index (χ0) is 14.2. The smallest absolute Gasteiger partial charge is 0.128 e. The third kappa shape index (κ3) is 3.02. The van der Waals surface area contributed by atoms with E-state index >= 15 is 0 Å². The first-order chi connectivity index (χ1) is 8.80. The molecule has 0 N–H and O–H groups in total. The summed E-state index contributed by atoms with van der Waals surface area (Å²) >= 11 is 5.84. The summed E-state index contributed by atoms with van der Waals surface area (Å²) in [5, 5.41) is 0.463. The lowest BCUT2D eigenvalue weighted by atomic mass is 9.74. The van der Waals surface area contributed by atoms with Gasteiger partial charge in [-0.05, 0) is 47.8 Å². The molecule has 1 aliphatic carbocycles. The minimum absolute atomic E-state index is 0.0795. The maximum Gasteiger partial charge on any atom is 0.128 e. The molecule has 0 aromatic heterocycles. The average Bonchev–Trinajstić information content (AvgIpc) is 2.75. The summed E-state index contributed by atoms with van der Waals surface area (Å²) in [5.74, 6) is 0.464. The summed E-state index contributed by atoms with van der Waals surface area (Å²) in [6.45, 7) is 10.8. The van der Waals surface area contributed by atoms with Gasteiger partial charge in [-0.3, -0.25) is 0 Å². The molecule has 104 valence electrons. The van der Waals surface area contributed by atoms with E-state index in [0.717, 1.165) is 24.8 Å². The Kier molecular flexibility index (Phi) is 4.06. The van der Waals surface area contributed by atoms with E-state index in [1.165, 1.54) is 11.6 Å². The van der Waals surface area contributed by atoms with Gasteiger partial charge in [-0.15, -0.1) is 0 Å². The van der Waals surface area contributed by atoms with Gasteiger partial charge in [0.2, 0.25) is 0 Å². The first kappa shape index (κ1) is 14.6. The number of benzene rings is 1. The molecule has 1 fully saturated rings. The van der Waals surface area contributed by atoms with Crippen molar-refractivity contribution in [2.45, 2.75) is 46.0 Å². The van der Waals surface area contributed by atoms with Crippen molar-refractivity contribution in [1.29, 1.82) is 0 Å². The van der Waals surface area contributed by atoms with Gasteiger partial charge in [-0.1, -0.05) is 57.0 Å². The summed E-state index contributed by atoms with van der Waals surface area (Å²) in [7, 11) is 0. The van der Waals surface area contributed by atoms with Crippen LogP contribution in [0.2, 0.25) is 5.02 Å². The molecular formula is C17H22ClF. The predicted molar refractivity (Wildman–Crippen MR) is 80.1 cm³/mol. The highest BCUT2D eigenvalue weighted by Gasteiger charge is 2.35. The van der Waals surface area contributed by atoms with Crippen LogP contribution in [0, 0.1) is 17.2 Å². The normalized spacial score (nSPS) is 23.6. The monoisotopic (exact) mass is 280 g/mol. The highest BCUT2D eigenvalue weighted by Crippen LogP contribution is 2.48. The Bertz CT molecular complexity index is 485. The van der Waals surface area contributed by atoms with E-state index in [9.17, 15) is 4.39 Å². The molecule has 0 saturated heterocycles. The lowest BCUT2D eigenvalue weighted by molar-refractivity contribution is 0.400. The van der Waals surface area contributed by atoms with Crippen LogP contribution in [0.3, 0.4) is 0 Å². The molecule has 0 aliphatic heterocycles. The topological polar surface area (TPSA) is 0 Å². The highest BCUT2D eigenvalue weighted by atomic mass is 35.5. The minimum atomic E-state index is -0.175. The van der Waals surface area contributed by atoms with Crippen LogP contribution in [0.15, 0.2) is 30.4 Å². The summed E-state index contributed by atoms with van der Waals surface area (Å²) in [6.07, 6.45) is 3.30. The third-order valence-corrected chi connectivity index (χ3v) is 4.52. The van der Waals surface area contributed by atoms with Gasteiger partial charge in [-0.25, -0.2) is 4.39 Å². The number of hydrogen-bond donors (Lipinski definition) is 0. The lowest BCUT2D eigenvalue weighted by Gasteiger charge is -2.31. The van der Waals surface area contributed by atoms with Crippen molar-refractivity contribution in [3.63, 3.8) is 0 Å². The number of rotatable bonds is 2. The van der Waals surface area contributed by atoms with Crippen LogP contribution >= 0.6 is 11.6 Å². The molecule has 2 heteroatoms. The third-order valence-electron chi connectivity index (χ3n) is 4.29. The van der Waals surface area contributed by atoms with Crippen LogP contribution in [-0.4, -0.2) is 0 Å². The zero-order valence-electron chi connectivity index (χ0n) is 12.0. The van der Waals surface area contributed by atoms with E-state index in [1.54, 1.807) is 6.07 Å². The van der Waals surface area contributed by atoms with Crippen LogP contribution < -0.4 is 0 Å². The Balaban J connectivity index is 2.31. The quantitative estimate of drug-likeness (QED) is 0.586. The second kappa shape index (κ2) is 5.28. The molecule has 0 spiro atoms. The van der Waals surface area contributed by atoms with Gasteiger partial charge >= 0.3 is 0 Å². The summed E-state index contributed by atoms with van der Waals surface area (Å²) < 4.78 is 14.1. The largest absolute Gasteiger partial charge is 0.207 e. The molecule has 0 bridgehead atoms. The van der Waals surface area contributed by atoms with Crippen molar-refractivity contribution in [1.82, 2.24) is 0 Å². The van der Waals surface area contributed by atoms with Gasteiger partial charge in [0, 0.05) is 5.02 Å². The molecule has 19 heavy (non-hydrogen) atoms. The standard InChI is InChI=1S/C17H22ClF/c1-11(17(2,3)4)13-6-5-7-14(13)15-9-8-12(18)10-16(15)19/h8-10,13-14H,1,5-7H2,2-4H3/t13-,14+/m1/s1. The van der Waals surface area contributed by atoms with Crippen LogP contribution in [0.25, 0.3) is 0 Å². The molecule has 0 unspecified atom stereocenters. The molecule has 0 heterocycles. The van der Waals surface area contributed by atoms with Gasteiger partial charge in [0.15, 0.2) is 0 Å². The van der Waals surface area contributed by atoms with Crippen molar-refractivity contribution < 1.29 is 4.39 Å². The predicted octanol–water partition coefficient (Wildman–Crippen LogP) is 5.97. The van der Waals surface area contributed by atoms with E-state index in [-0.39, 0.29) is 17.2 Å². The Morgan fingerprint density at radius 1 is 1.32 bits per heavy atom. The first-order valence-electron chi connectivity index (χ1n) is 6.95.